The van der Waals surface area contributed by atoms with Crippen LogP contribution >= 0.6 is 0 Å². The van der Waals surface area contributed by atoms with Crippen molar-refractivity contribution in [1.82, 2.24) is 0 Å². The van der Waals surface area contributed by atoms with Gasteiger partial charge in [0.25, 0.3) is 0 Å². The maximum absolute atomic E-state index is 12.8. The molecule has 0 saturated heterocycles. The maximum atomic E-state index is 12.8. The Labute approximate surface area is 124 Å². The minimum Gasteiger partial charge on any atom is -0.496 e. The van der Waals surface area contributed by atoms with Crippen LogP contribution in [0.3, 0.4) is 0 Å². The van der Waals surface area contributed by atoms with Gasteiger partial charge in [0.15, 0.2) is 5.78 Å². The first-order valence-electron chi connectivity index (χ1n) is 6.88. The maximum Gasteiger partial charge on any atom is 0.193 e. The van der Waals surface area contributed by atoms with Crippen LogP contribution in [0.4, 0.5) is 0 Å². The van der Waals surface area contributed by atoms with Crippen molar-refractivity contribution in [2.75, 3.05) is 7.11 Å². The molecule has 0 unspecified atom stereocenters. The summed E-state index contributed by atoms with van der Waals surface area (Å²) in [5.41, 5.74) is 2.39. The summed E-state index contributed by atoms with van der Waals surface area (Å²) in [6.45, 7) is 1.96. The van der Waals surface area contributed by atoms with Crippen LogP contribution in [0.25, 0.3) is 10.8 Å². The van der Waals surface area contributed by atoms with Crippen molar-refractivity contribution in [1.29, 1.82) is 0 Å². The second-order valence-corrected chi connectivity index (χ2v) is 5.04. The number of aryl methyl sites for hydroxylation is 1. The number of ether oxygens (including phenoxy) is 1. The Morgan fingerprint density at radius 2 is 1.71 bits per heavy atom. The Balaban J connectivity index is 2.13. The van der Waals surface area contributed by atoms with E-state index in [0.717, 1.165) is 27.6 Å². The smallest absolute Gasteiger partial charge is 0.193 e. The Kier molecular flexibility index (Phi) is 3.44. The summed E-state index contributed by atoms with van der Waals surface area (Å²) in [7, 11) is 1.62. The summed E-state index contributed by atoms with van der Waals surface area (Å²) in [4.78, 5) is 12.8. The lowest BCUT2D eigenvalue weighted by Gasteiger charge is -2.09. The minimum absolute atomic E-state index is 0.0186. The average molecular weight is 276 g/mol. The molecule has 0 aliphatic carbocycles. The van der Waals surface area contributed by atoms with Crippen LogP contribution in [0.15, 0.2) is 60.7 Å². The van der Waals surface area contributed by atoms with E-state index in [1.807, 2.05) is 61.5 Å². The van der Waals surface area contributed by atoms with Crippen LogP contribution in [-0.4, -0.2) is 12.9 Å². The van der Waals surface area contributed by atoms with E-state index in [1.54, 1.807) is 13.2 Å². The van der Waals surface area contributed by atoms with E-state index in [1.165, 1.54) is 0 Å². The van der Waals surface area contributed by atoms with E-state index in [4.69, 9.17) is 4.74 Å². The molecule has 0 amide bonds. The first-order valence-corrected chi connectivity index (χ1v) is 6.88. The highest BCUT2D eigenvalue weighted by Crippen LogP contribution is 2.24. The number of hydrogen-bond donors (Lipinski definition) is 0. The molecule has 0 N–H and O–H groups in total. The fourth-order valence-corrected chi connectivity index (χ4v) is 2.54. The molecule has 2 heteroatoms. The van der Waals surface area contributed by atoms with Gasteiger partial charge in [-0.25, -0.2) is 0 Å². The molecule has 2 nitrogen and oxygen atoms in total. The summed E-state index contributed by atoms with van der Waals surface area (Å²) in [5.74, 6) is 0.756. The van der Waals surface area contributed by atoms with Gasteiger partial charge in [-0.1, -0.05) is 54.6 Å². The van der Waals surface area contributed by atoms with E-state index in [2.05, 4.69) is 0 Å². The van der Waals surface area contributed by atoms with Crippen molar-refractivity contribution < 1.29 is 9.53 Å². The van der Waals surface area contributed by atoms with Crippen LogP contribution in [0.5, 0.6) is 5.75 Å². The first-order chi connectivity index (χ1) is 10.2. The monoisotopic (exact) mass is 276 g/mol. The summed E-state index contributed by atoms with van der Waals surface area (Å²) in [6.07, 6.45) is 0. The quantitative estimate of drug-likeness (QED) is 0.663. The standard InChI is InChI=1S/C19H16O2/c1-13-10-11-15(12-18(13)21-2)19(20)17-9-5-7-14-6-3-4-8-16(14)17/h3-12H,1-2H3. The Bertz CT molecular complexity index is 813. The van der Waals surface area contributed by atoms with Crippen molar-refractivity contribution >= 4 is 16.6 Å². The lowest BCUT2D eigenvalue weighted by molar-refractivity contribution is 0.104. The zero-order chi connectivity index (χ0) is 14.8. The van der Waals surface area contributed by atoms with Crippen LogP contribution in [0.1, 0.15) is 21.5 Å². The average Bonchev–Trinajstić information content (AvgIpc) is 2.54. The number of carbonyl (C=O) groups is 1. The van der Waals surface area contributed by atoms with E-state index in [-0.39, 0.29) is 5.78 Å². The van der Waals surface area contributed by atoms with Gasteiger partial charge in [-0.2, -0.15) is 0 Å². The first kappa shape index (κ1) is 13.4. The van der Waals surface area contributed by atoms with Gasteiger partial charge >= 0.3 is 0 Å². The molecule has 3 aromatic carbocycles. The van der Waals surface area contributed by atoms with Crippen molar-refractivity contribution in [2.45, 2.75) is 6.92 Å². The van der Waals surface area contributed by atoms with Crippen LogP contribution < -0.4 is 4.74 Å². The second-order valence-electron chi connectivity index (χ2n) is 5.04. The molecule has 0 spiro atoms. The van der Waals surface area contributed by atoms with Crippen molar-refractivity contribution in [3.05, 3.63) is 77.4 Å². The SMILES string of the molecule is COc1cc(C(=O)c2cccc3ccccc23)ccc1C. The molecular formula is C19H16O2. The number of methoxy groups -OCH3 is 1. The van der Waals surface area contributed by atoms with Crippen LogP contribution in [-0.2, 0) is 0 Å². The molecule has 0 atom stereocenters. The third kappa shape index (κ3) is 2.40. The Morgan fingerprint density at radius 3 is 2.52 bits per heavy atom. The lowest BCUT2D eigenvalue weighted by atomic mass is 9.96. The molecule has 3 aromatic rings. The molecule has 104 valence electrons. The number of hydrogen-bond acceptors (Lipinski definition) is 2. The predicted octanol–water partition coefficient (Wildman–Crippen LogP) is 4.39. The molecule has 0 fully saturated rings. The lowest BCUT2D eigenvalue weighted by Crippen LogP contribution is -2.03. The molecule has 0 bridgehead atoms. The number of benzene rings is 3. The van der Waals surface area contributed by atoms with E-state index in [9.17, 15) is 4.79 Å². The van der Waals surface area contributed by atoms with E-state index in [0.29, 0.717) is 5.56 Å². The van der Waals surface area contributed by atoms with Gasteiger partial charge < -0.3 is 4.74 Å². The molecule has 21 heavy (non-hydrogen) atoms. The highest BCUT2D eigenvalue weighted by Gasteiger charge is 2.13. The number of ketones is 1. The molecule has 0 aromatic heterocycles. The van der Waals surface area contributed by atoms with Gasteiger partial charge in [-0.05, 0) is 29.3 Å². The highest BCUT2D eigenvalue weighted by molar-refractivity contribution is 6.16. The van der Waals surface area contributed by atoms with Crippen molar-refractivity contribution in [2.24, 2.45) is 0 Å². The number of rotatable bonds is 3. The summed E-state index contributed by atoms with van der Waals surface area (Å²) in [6, 6.07) is 19.3. The zero-order valence-corrected chi connectivity index (χ0v) is 12.1. The molecule has 0 heterocycles. The molecule has 0 aliphatic rings. The van der Waals surface area contributed by atoms with Crippen molar-refractivity contribution in [3.63, 3.8) is 0 Å². The van der Waals surface area contributed by atoms with Gasteiger partial charge in [0, 0.05) is 11.1 Å². The molecule has 3 rings (SSSR count). The predicted molar refractivity (Wildman–Crippen MR) is 85.1 cm³/mol. The molecular weight excluding hydrogens is 260 g/mol. The van der Waals surface area contributed by atoms with Gasteiger partial charge in [0.05, 0.1) is 7.11 Å². The van der Waals surface area contributed by atoms with E-state index < -0.39 is 0 Å². The topological polar surface area (TPSA) is 26.3 Å². The largest absolute Gasteiger partial charge is 0.496 e. The summed E-state index contributed by atoms with van der Waals surface area (Å²) < 4.78 is 5.31. The second kappa shape index (κ2) is 5.41. The molecule has 0 radical (unpaired) electrons. The van der Waals surface area contributed by atoms with Gasteiger partial charge in [0.2, 0.25) is 0 Å². The third-order valence-corrected chi connectivity index (χ3v) is 3.70. The van der Waals surface area contributed by atoms with Crippen LogP contribution in [0, 0.1) is 6.92 Å². The number of fused-ring (bicyclic) bond motifs is 1. The van der Waals surface area contributed by atoms with Crippen molar-refractivity contribution in [3.8, 4) is 5.75 Å². The summed E-state index contributed by atoms with van der Waals surface area (Å²) in [5, 5.41) is 2.05. The molecule has 0 aliphatic heterocycles. The van der Waals surface area contributed by atoms with Gasteiger partial charge in [0.1, 0.15) is 5.75 Å². The van der Waals surface area contributed by atoms with E-state index >= 15 is 0 Å². The molecule has 0 saturated carbocycles. The zero-order valence-electron chi connectivity index (χ0n) is 12.1. The fraction of sp³-hybridized carbons (Fsp3) is 0.105. The van der Waals surface area contributed by atoms with Gasteiger partial charge in [-0.15, -0.1) is 0 Å². The Morgan fingerprint density at radius 1 is 0.952 bits per heavy atom. The normalized spacial score (nSPS) is 10.6. The third-order valence-electron chi connectivity index (χ3n) is 3.70. The Hall–Kier alpha value is -2.61. The highest BCUT2D eigenvalue weighted by atomic mass is 16.5. The van der Waals surface area contributed by atoms with Gasteiger partial charge in [-0.3, -0.25) is 4.79 Å². The number of carbonyl (C=O) groups excluding carboxylic acids is 1. The van der Waals surface area contributed by atoms with Crippen LogP contribution in [0.2, 0.25) is 0 Å². The summed E-state index contributed by atoms with van der Waals surface area (Å²) >= 11 is 0. The minimum atomic E-state index is 0.0186. The fourth-order valence-electron chi connectivity index (χ4n) is 2.54.